The summed E-state index contributed by atoms with van der Waals surface area (Å²) in [6.45, 7) is 24.4. The molecular formula is C8H6MoO6. The molecule has 80 valence electrons. The van der Waals surface area contributed by atoms with Gasteiger partial charge in [0.25, 0.3) is 0 Å². The standard InChI is InChI=1S/C3H6O.5CO.Mo/c1-3-4-2;5*1-2;/h1-2H3;;;;;;. The summed E-state index contributed by atoms with van der Waals surface area (Å²) in [5.74, 6) is 0. The molecule has 0 heterocycles. The van der Waals surface area contributed by atoms with Gasteiger partial charge in [-0.3, -0.25) is 0 Å². The van der Waals surface area contributed by atoms with E-state index in [4.69, 9.17) is 23.3 Å². The van der Waals surface area contributed by atoms with Gasteiger partial charge in [0.2, 0.25) is 0 Å². The Balaban J connectivity index is -0.0000000177. The Morgan fingerprint density at radius 3 is 0.867 bits per heavy atom. The van der Waals surface area contributed by atoms with Crippen molar-refractivity contribution in [3.63, 3.8) is 0 Å². The Labute approximate surface area is 99.0 Å². The Kier molecular flexibility index (Phi) is 467. The van der Waals surface area contributed by atoms with Crippen molar-refractivity contribution in [3.8, 4) is 0 Å². The van der Waals surface area contributed by atoms with Gasteiger partial charge in [0.15, 0.2) is 0 Å². The average molecular weight is 294 g/mol. The summed E-state index contributed by atoms with van der Waals surface area (Å²) in [5.41, 5.74) is 0. The van der Waals surface area contributed by atoms with Crippen LogP contribution in [0, 0.1) is 33.3 Å². The summed E-state index contributed by atoms with van der Waals surface area (Å²) in [5, 5.41) is 0. The minimum atomic E-state index is 1.01. The number of hydrogen-bond donors (Lipinski definition) is 0. The molecule has 0 rings (SSSR count). The van der Waals surface area contributed by atoms with Gasteiger partial charge < -0.3 is 0 Å². The topological polar surface area (TPSA) is 109 Å². The molecule has 0 unspecified atom stereocenters. The first-order chi connectivity index (χ1) is 7.27. The molecule has 0 aliphatic rings. The predicted octanol–water partition coefficient (Wildman–Crippen LogP) is 0.142. The first-order valence-corrected chi connectivity index (χ1v) is 3.34. The SMILES string of the molecule is CO[C](C)=[Mo].[C-]#[O+].[C-]#[O+].[C-]#[O+].[C-]#[O+].[C-]#[O+]. The molecule has 0 aliphatic carbocycles. The van der Waals surface area contributed by atoms with Gasteiger partial charge in [-0.15, -0.1) is 0 Å². The number of rotatable bonds is 1. The van der Waals surface area contributed by atoms with E-state index >= 15 is 0 Å². The summed E-state index contributed by atoms with van der Waals surface area (Å²) >= 11 is 1.86. The van der Waals surface area contributed by atoms with Gasteiger partial charge in [-0.05, 0) is 0 Å². The van der Waals surface area contributed by atoms with E-state index in [1.165, 1.54) is 0 Å². The minimum absolute atomic E-state index is 1.01. The van der Waals surface area contributed by atoms with E-state index < -0.39 is 0 Å². The summed E-state index contributed by atoms with van der Waals surface area (Å²) in [7, 11) is 1.66. The number of ether oxygens (including phenoxy) is 1. The summed E-state index contributed by atoms with van der Waals surface area (Å²) in [4.78, 5) is 0. The van der Waals surface area contributed by atoms with Gasteiger partial charge in [0, 0.05) is 0 Å². The molecule has 0 aromatic carbocycles. The number of hydrogen-bond acceptors (Lipinski definition) is 1. The molecule has 0 aromatic rings. The van der Waals surface area contributed by atoms with Crippen LogP contribution in [0.4, 0.5) is 0 Å². The van der Waals surface area contributed by atoms with Crippen LogP contribution < -0.4 is 0 Å². The van der Waals surface area contributed by atoms with Crippen LogP contribution in [0.1, 0.15) is 6.92 Å². The van der Waals surface area contributed by atoms with E-state index in [1.807, 2.05) is 26.3 Å². The van der Waals surface area contributed by atoms with Gasteiger partial charge >= 0.3 is 98.7 Å². The zero-order valence-electron chi connectivity index (χ0n) is 7.86. The molecule has 7 heteroatoms. The zero-order chi connectivity index (χ0) is 14.3. The maximum absolute atomic E-state index is 7.50. The maximum atomic E-state index is 7.50. The van der Waals surface area contributed by atoms with Gasteiger partial charge in [0.05, 0.1) is 0 Å². The Hall–Kier alpha value is -0.782. The van der Waals surface area contributed by atoms with Crippen LogP contribution in [0.5, 0.6) is 0 Å². The normalized spacial score (nSPS) is 3.20. The van der Waals surface area contributed by atoms with Gasteiger partial charge in [-0.1, -0.05) is 0 Å². The van der Waals surface area contributed by atoms with Crippen LogP contribution in [0.3, 0.4) is 0 Å². The fourth-order valence-corrected chi connectivity index (χ4v) is 0. The van der Waals surface area contributed by atoms with Crippen molar-refractivity contribution in [1.29, 1.82) is 0 Å². The third-order valence-corrected chi connectivity index (χ3v) is 0.697. The molecule has 0 radical (unpaired) electrons. The summed E-state index contributed by atoms with van der Waals surface area (Å²) in [6.07, 6.45) is 0. The third kappa shape index (κ3) is 1120. The second kappa shape index (κ2) is 191. The zero-order valence-corrected chi connectivity index (χ0v) is 9.86. The van der Waals surface area contributed by atoms with Crippen molar-refractivity contribution in [1.82, 2.24) is 0 Å². The first kappa shape index (κ1) is 36.8. The molecule has 15 heavy (non-hydrogen) atoms. The van der Waals surface area contributed by atoms with Crippen molar-refractivity contribution < 1.29 is 47.4 Å². The predicted molar refractivity (Wildman–Crippen MR) is 37.3 cm³/mol. The summed E-state index contributed by atoms with van der Waals surface area (Å²) in [6, 6.07) is 0. The Morgan fingerprint density at radius 1 is 0.800 bits per heavy atom. The van der Waals surface area contributed by atoms with E-state index in [-0.39, 0.29) is 0 Å². The monoisotopic (exact) mass is 296 g/mol. The molecule has 0 amide bonds. The van der Waals surface area contributed by atoms with Crippen molar-refractivity contribution in [2.45, 2.75) is 6.92 Å². The molecule has 0 spiro atoms. The summed E-state index contributed by atoms with van der Waals surface area (Å²) < 4.78 is 43.2. The molecule has 0 saturated heterocycles. The van der Waals surface area contributed by atoms with Crippen LogP contribution >= 0.6 is 0 Å². The van der Waals surface area contributed by atoms with Crippen molar-refractivity contribution in [3.05, 3.63) is 33.3 Å². The fraction of sp³-hybridized carbons (Fsp3) is 0.250. The van der Waals surface area contributed by atoms with Crippen molar-refractivity contribution >= 4 is 4.08 Å². The van der Waals surface area contributed by atoms with E-state index in [0.29, 0.717) is 0 Å². The van der Waals surface area contributed by atoms with Crippen LogP contribution in [0.2, 0.25) is 0 Å². The van der Waals surface area contributed by atoms with E-state index in [2.05, 4.69) is 38.0 Å². The average Bonchev–Trinajstić information content (AvgIpc) is 2.41. The van der Waals surface area contributed by atoms with E-state index in [9.17, 15) is 0 Å². The van der Waals surface area contributed by atoms with Crippen LogP contribution in [0.25, 0.3) is 0 Å². The van der Waals surface area contributed by atoms with Crippen molar-refractivity contribution in [2.24, 2.45) is 0 Å². The van der Waals surface area contributed by atoms with Gasteiger partial charge in [0.1, 0.15) is 0 Å². The van der Waals surface area contributed by atoms with E-state index in [0.717, 1.165) is 4.08 Å². The molecule has 0 aromatic heterocycles. The molecule has 0 N–H and O–H groups in total. The second-order valence-corrected chi connectivity index (χ2v) is 2.11. The van der Waals surface area contributed by atoms with Crippen molar-refractivity contribution in [2.75, 3.05) is 7.11 Å². The molecule has 0 aliphatic heterocycles. The quantitative estimate of drug-likeness (QED) is 0.382. The molecule has 0 fully saturated rings. The van der Waals surface area contributed by atoms with E-state index in [1.54, 1.807) is 7.11 Å². The first-order valence-electron chi connectivity index (χ1n) is 2.34. The fourth-order valence-electron chi connectivity index (χ4n) is 0. The molecule has 0 saturated carbocycles. The molecule has 0 bridgehead atoms. The molecule has 0 atom stereocenters. The van der Waals surface area contributed by atoms with Gasteiger partial charge in [-0.25, -0.2) is 0 Å². The molecular weight excluding hydrogens is 288 g/mol. The molecule has 6 nitrogen and oxygen atoms in total. The number of methoxy groups -OCH3 is 1. The Morgan fingerprint density at radius 2 is 0.867 bits per heavy atom. The second-order valence-electron chi connectivity index (χ2n) is 0.696. The Bertz CT molecular complexity index is 153. The van der Waals surface area contributed by atoms with Gasteiger partial charge in [-0.2, -0.15) is 0 Å². The van der Waals surface area contributed by atoms with Crippen LogP contribution in [-0.2, 0) is 47.4 Å². The van der Waals surface area contributed by atoms with Crippen LogP contribution in [0.15, 0.2) is 0 Å². The van der Waals surface area contributed by atoms with Crippen LogP contribution in [-0.4, -0.2) is 11.2 Å². The third-order valence-electron chi connectivity index (χ3n) is 0.287.